The van der Waals surface area contributed by atoms with Crippen LogP contribution in [0, 0.1) is 0 Å². The molecule has 5 aromatic carbocycles. The number of hydroxylamine groups is 2. The topological polar surface area (TPSA) is 50.6 Å². The van der Waals surface area contributed by atoms with E-state index in [1.807, 2.05) is 73.5 Å². The van der Waals surface area contributed by atoms with E-state index in [4.69, 9.17) is 9.83 Å². The maximum atomic E-state index is 6.41. The second-order valence-electron chi connectivity index (χ2n) is 11.9. The molecule has 0 bridgehead atoms. The van der Waals surface area contributed by atoms with Gasteiger partial charge in [-0.05, 0) is 104 Å². The summed E-state index contributed by atoms with van der Waals surface area (Å²) < 4.78 is 0. The molecule has 0 unspecified atom stereocenters. The predicted octanol–water partition coefficient (Wildman–Crippen LogP) is 10.4. The number of hydrogen-bond donors (Lipinski definition) is 0. The number of fused-ring (bicyclic) bond motifs is 4. The Bertz CT molecular complexity index is 2380. The van der Waals surface area contributed by atoms with Crippen LogP contribution >= 0.6 is 0 Å². The van der Waals surface area contributed by atoms with E-state index >= 15 is 0 Å². The second kappa shape index (κ2) is 11.3. The molecule has 226 valence electrons. The van der Waals surface area contributed by atoms with Crippen LogP contribution in [0.4, 0.5) is 0 Å². The van der Waals surface area contributed by atoms with Gasteiger partial charge in [-0.25, -0.2) is 4.99 Å². The lowest BCUT2D eigenvalue weighted by Crippen LogP contribution is -2.29. The highest BCUT2D eigenvalue weighted by Crippen LogP contribution is 2.45. The van der Waals surface area contributed by atoms with Gasteiger partial charge >= 0.3 is 0 Å². The predicted molar refractivity (Wildman–Crippen MR) is 196 cm³/mol. The van der Waals surface area contributed by atoms with Crippen LogP contribution in [0.5, 0.6) is 5.75 Å². The van der Waals surface area contributed by atoms with Gasteiger partial charge in [-0.15, -0.1) is 0 Å². The third-order valence-electron chi connectivity index (χ3n) is 8.97. The van der Waals surface area contributed by atoms with Crippen molar-refractivity contribution in [2.45, 2.75) is 0 Å². The van der Waals surface area contributed by atoms with Gasteiger partial charge < -0.3 is 4.84 Å². The number of para-hydroxylation sites is 1. The Morgan fingerprint density at radius 1 is 0.542 bits per heavy atom. The Kier molecular flexibility index (Phi) is 6.54. The van der Waals surface area contributed by atoms with Crippen molar-refractivity contribution in [3.05, 3.63) is 176 Å². The van der Waals surface area contributed by atoms with Crippen LogP contribution in [0.2, 0.25) is 0 Å². The van der Waals surface area contributed by atoms with Crippen molar-refractivity contribution in [2.75, 3.05) is 0 Å². The highest BCUT2D eigenvalue weighted by molar-refractivity contribution is 6.20. The van der Waals surface area contributed by atoms with E-state index < -0.39 is 0 Å². The van der Waals surface area contributed by atoms with Gasteiger partial charge in [0, 0.05) is 47.1 Å². The quantitative estimate of drug-likeness (QED) is 0.185. The fourth-order valence-electron chi connectivity index (χ4n) is 6.79. The first-order chi connectivity index (χ1) is 23.7. The van der Waals surface area contributed by atoms with Crippen LogP contribution in [0.25, 0.3) is 66.2 Å². The minimum Gasteiger partial charge on any atom is -0.373 e. The molecular formula is C43H28N4O. The van der Waals surface area contributed by atoms with Crippen LogP contribution in [-0.2, 0) is 0 Å². The van der Waals surface area contributed by atoms with Crippen LogP contribution in [0.15, 0.2) is 170 Å². The van der Waals surface area contributed by atoms with Crippen molar-refractivity contribution < 1.29 is 4.84 Å². The van der Waals surface area contributed by atoms with Gasteiger partial charge in [0.1, 0.15) is 0 Å². The fraction of sp³-hybridized carbons (Fsp3) is 0. The van der Waals surface area contributed by atoms with Crippen molar-refractivity contribution in [3.8, 4) is 39.1 Å². The van der Waals surface area contributed by atoms with Crippen molar-refractivity contribution in [3.63, 3.8) is 0 Å². The number of benzene rings is 5. The Morgan fingerprint density at radius 2 is 1.10 bits per heavy atom. The molecule has 2 aromatic heterocycles. The standard InChI is InChI=1S/C43H28N4O/c1-28-35-12-6-7-17-40(35)48-47-27-31(18-19-41(47)46-28)42-36-13-2-4-15-38(36)43(39-16-5-3-14-37(39)42)34-23-32(29-10-8-20-44-25-29)22-33(24-34)30-11-9-21-45-26-30/h2-27H,1H2. The number of rotatable bonds is 4. The minimum absolute atomic E-state index is 0.670. The highest BCUT2D eigenvalue weighted by atomic mass is 16.7. The van der Waals surface area contributed by atoms with Crippen LogP contribution in [-0.4, -0.2) is 20.9 Å². The second-order valence-corrected chi connectivity index (χ2v) is 11.9. The molecule has 0 radical (unpaired) electrons. The van der Waals surface area contributed by atoms with E-state index in [0.717, 1.165) is 71.8 Å². The smallest absolute Gasteiger partial charge is 0.169 e. The summed E-state index contributed by atoms with van der Waals surface area (Å²) in [5.74, 6) is 1.40. The number of allylic oxidation sites excluding steroid dienone is 2. The van der Waals surface area contributed by atoms with Crippen LogP contribution in [0.1, 0.15) is 11.1 Å². The average molecular weight is 617 g/mol. The van der Waals surface area contributed by atoms with Gasteiger partial charge in [0.25, 0.3) is 0 Å². The number of aliphatic imine (C=N–C) groups is 1. The summed E-state index contributed by atoms with van der Waals surface area (Å²) in [5.41, 5.74) is 10.3. The fourth-order valence-corrected chi connectivity index (χ4v) is 6.79. The van der Waals surface area contributed by atoms with Gasteiger partial charge in [-0.1, -0.05) is 79.4 Å². The monoisotopic (exact) mass is 616 g/mol. The average Bonchev–Trinajstić information content (AvgIpc) is 3.29. The molecule has 4 heterocycles. The summed E-state index contributed by atoms with van der Waals surface area (Å²) in [5, 5.41) is 6.38. The normalized spacial score (nSPS) is 13.8. The maximum absolute atomic E-state index is 6.41. The zero-order valence-electron chi connectivity index (χ0n) is 25.9. The van der Waals surface area contributed by atoms with Crippen molar-refractivity contribution >= 4 is 38.7 Å². The van der Waals surface area contributed by atoms with E-state index in [2.05, 4.69) is 101 Å². The third kappa shape index (κ3) is 4.68. The van der Waals surface area contributed by atoms with Gasteiger partial charge in [-0.2, -0.15) is 5.06 Å². The first-order valence-electron chi connectivity index (χ1n) is 15.9. The van der Waals surface area contributed by atoms with E-state index in [-0.39, 0.29) is 0 Å². The molecule has 7 aromatic rings. The molecule has 0 amide bonds. The largest absolute Gasteiger partial charge is 0.373 e. The first kappa shape index (κ1) is 27.7. The lowest BCUT2D eigenvalue weighted by Gasteiger charge is -2.25. The SMILES string of the molecule is C=C1N=C2C=CC(c3c4ccccc4c(-c4cc(-c5cccnc5)cc(-c5cccnc5)c4)c4ccccc34)=CN2Oc2ccccc21. The highest BCUT2D eigenvalue weighted by Gasteiger charge is 2.24. The van der Waals surface area contributed by atoms with E-state index in [1.54, 1.807) is 5.06 Å². The molecule has 0 aliphatic carbocycles. The summed E-state index contributed by atoms with van der Waals surface area (Å²) in [6.45, 7) is 4.20. The van der Waals surface area contributed by atoms with Crippen molar-refractivity contribution in [2.24, 2.45) is 4.99 Å². The molecule has 5 nitrogen and oxygen atoms in total. The van der Waals surface area contributed by atoms with Gasteiger partial charge in [-0.3, -0.25) is 9.97 Å². The van der Waals surface area contributed by atoms with Crippen LogP contribution in [0.3, 0.4) is 0 Å². The number of aromatic nitrogens is 2. The summed E-state index contributed by atoms with van der Waals surface area (Å²) in [6, 6.07) is 40.2. The summed E-state index contributed by atoms with van der Waals surface area (Å²) in [7, 11) is 0. The summed E-state index contributed by atoms with van der Waals surface area (Å²) in [6.07, 6.45) is 13.6. The molecule has 5 heteroatoms. The van der Waals surface area contributed by atoms with Crippen molar-refractivity contribution in [1.29, 1.82) is 0 Å². The van der Waals surface area contributed by atoms with Gasteiger partial charge in [0.15, 0.2) is 11.6 Å². The molecular weight excluding hydrogens is 589 g/mol. The number of amidine groups is 1. The molecule has 0 fully saturated rings. The Hall–Kier alpha value is -6.59. The lowest BCUT2D eigenvalue weighted by atomic mass is 9.84. The number of nitrogens with zero attached hydrogens (tertiary/aromatic N) is 4. The van der Waals surface area contributed by atoms with Gasteiger partial charge in [0.2, 0.25) is 0 Å². The third-order valence-corrected chi connectivity index (χ3v) is 8.97. The van der Waals surface area contributed by atoms with E-state index in [9.17, 15) is 0 Å². The molecule has 2 aliphatic heterocycles. The van der Waals surface area contributed by atoms with Crippen LogP contribution < -0.4 is 4.84 Å². The molecule has 9 rings (SSSR count). The summed E-state index contributed by atoms with van der Waals surface area (Å²) in [4.78, 5) is 20.1. The molecule has 0 saturated carbocycles. The Morgan fingerprint density at radius 3 is 1.71 bits per heavy atom. The molecule has 0 saturated heterocycles. The minimum atomic E-state index is 0.670. The molecule has 0 atom stereocenters. The number of pyridine rings is 2. The van der Waals surface area contributed by atoms with E-state index in [0.29, 0.717) is 11.5 Å². The molecule has 2 aliphatic rings. The molecule has 48 heavy (non-hydrogen) atoms. The zero-order valence-corrected chi connectivity index (χ0v) is 25.9. The Labute approximate surface area is 278 Å². The van der Waals surface area contributed by atoms with E-state index in [1.165, 1.54) is 5.56 Å². The zero-order chi connectivity index (χ0) is 32.0. The lowest BCUT2D eigenvalue weighted by molar-refractivity contribution is 0.0742. The maximum Gasteiger partial charge on any atom is 0.169 e. The first-order valence-corrected chi connectivity index (χ1v) is 15.9. The molecule has 0 N–H and O–H groups in total. The summed E-state index contributed by atoms with van der Waals surface area (Å²) >= 11 is 0. The Balaban J connectivity index is 1.28. The number of hydrogen-bond acceptors (Lipinski definition) is 5. The van der Waals surface area contributed by atoms with Crippen molar-refractivity contribution in [1.82, 2.24) is 15.0 Å². The van der Waals surface area contributed by atoms with Gasteiger partial charge in [0.05, 0.1) is 11.9 Å². The molecule has 0 spiro atoms.